The third kappa shape index (κ3) is 2.59. The Bertz CT molecular complexity index is 701. The molecule has 0 amide bonds. The van der Waals surface area contributed by atoms with Gasteiger partial charge in [-0.3, -0.25) is 4.79 Å². The SMILES string of the molecule is CCOC(=O)c1cnn2c(C)cc(/C=C(\C)C=O)nc12. The standard InChI is InChI=1S/C14H15N3O3/c1-4-20-14(19)12-7-15-17-10(3)6-11(16-13(12)17)5-9(2)8-18/h5-8H,4H2,1-3H3/b9-5+. The molecular formula is C14H15N3O3. The van der Waals surface area contributed by atoms with E-state index in [1.165, 1.54) is 6.20 Å². The number of carbonyl (C=O) groups excluding carboxylic acids is 2. The van der Waals surface area contributed by atoms with Crippen LogP contribution in [-0.4, -0.2) is 33.5 Å². The predicted molar refractivity (Wildman–Crippen MR) is 73.4 cm³/mol. The van der Waals surface area contributed by atoms with E-state index in [4.69, 9.17) is 4.74 Å². The van der Waals surface area contributed by atoms with Crippen molar-refractivity contribution in [1.29, 1.82) is 0 Å². The largest absolute Gasteiger partial charge is 0.462 e. The van der Waals surface area contributed by atoms with Crippen LogP contribution in [0, 0.1) is 6.92 Å². The molecule has 0 spiro atoms. The minimum absolute atomic E-state index is 0.291. The van der Waals surface area contributed by atoms with Gasteiger partial charge in [0.1, 0.15) is 11.8 Å². The fourth-order valence-electron chi connectivity index (χ4n) is 1.83. The Morgan fingerprint density at radius 1 is 1.50 bits per heavy atom. The third-order valence-electron chi connectivity index (χ3n) is 2.73. The van der Waals surface area contributed by atoms with Gasteiger partial charge in [0.05, 0.1) is 18.5 Å². The Labute approximate surface area is 116 Å². The van der Waals surface area contributed by atoms with Crippen molar-refractivity contribution in [1.82, 2.24) is 14.6 Å². The summed E-state index contributed by atoms with van der Waals surface area (Å²) in [5.74, 6) is -0.456. The second-order valence-electron chi connectivity index (χ2n) is 4.34. The fourth-order valence-corrected chi connectivity index (χ4v) is 1.83. The highest BCUT2D eigenvalue weighted by Crippen LogP contribution is 2.14. The molecule has 0 aliphatic rings. The van der Waals surface area contributed by atoms with Gasteiger partial charge >= 0.3 is 5.97 Å². The molecule has 0 fully saturated rings. The Hall–Kier alpha value is -2.50. The summed E-state index contributed by atoms with van der Waals surface area (Å²) in [6.45, 7) is 5.57. The van der Waals surface area contributed by atoms with Crippen LogP contribution in [0.3, 0.4) is 0 Å². The summed E-state index contributed by atoms with van der Waals surface area (Å²) >= 11 is 0. The van der Waals surface area contributed by atoms with E-state index in [0.29, 0.717) is 29.1 Å². The monoisotopic (exact) mass is 273 g/mol. The quantitative estimate of drug-likeness (QED) is 0.482. The van der Waals surface area contributed by atoms with Crippen LogP contribution in [0.2, 0.25) is 0 Å². The first-order valence-corrected chi connectivity index (χ1v) is 6.22. The van der Waals surface area contributed by atoms with Gasteiger partial charge in [-0.1, -0.05) is 0 Å². The minimum atomic E-state index is -0.456. The lowest BCUT2D eigenvalue weighted by molar-refractivity contribution is -0.104. The molecule has 2 aromatic heterocycles. The minimum Gasteiger partial charge on any atom is -0.462 e. The van der Waals surface area contributed by atoms with Crippen LogP contribution in [0.5, 0.6) is 0 Å². The summed E-state index contributed by atoms with van der Waals surface area (Å²) in [5, 5.41) is 4.13. The fraction of sp³-hybridized carbons (Fsp3) is 0.286. The number of nitrogens with zero attached hydrogens (tertiary/aromatic N) is 3. The number of hydrogen-bond donors (Lipinski definition) is 0. The van der Waals surface area contributed by atoms with Crippen LogP contribution >= 0.6 is 0 Å². The van der Waals surface area contributed by atoms with Crippen molar-refractivity contribution >= 4 is 24.0 Å². The summed E-state index contributed by atoms with van der Waals surface area (Å²) in [7, 11) is 0. The van der Waals surface area contributed by atoms with E-state index < -0.39 is 5.97 Å². The maximum Gasteiger partial charge on any atom is 0.343 e. The van der Waals surface area contributed by atoms with Crippen molar-refractivity contribution < 1.29 is 14.3 Å². The first-order valence-electron chi connectivity index (χ1n) is 6.22. The molecule has 0 aliphatic carbocycles. The molecule has 0 atom stereocenters. The van der Waals surface area contributed by atoms with Crippen LogP contribution in [0.25, 0.3) is 11.7 Å². The number of allylic oxidation sites excluding steroid dienone is 1. The van der Waals surface area contributed by atoms with Gasteiger partial charge in [-0.15, -0.1) is 0 Å². The van der Waals surface area contributed by atoms with Crippen molar-refractivity contribution in [2.45, 2.75) is 20.8 Å². The maximum absolute atomic E-state index is 11.8. The molecule has 2 rings (SSSR count). The number of fused-ring (bicyclic) bond motifs is 1. The van der Waals surface area contributed by atoms with Crippen molar-refractivity contribution in [2.75, 3.05) is 6.61 Å². The zero-order valence-electron chi connectivity index (χ0n) is 11.6. The van der Waals surface area contributed by atoms with Crippen molar-refractivity contribution in [3.8, 4) is 0 Å². The summed E-state index contributed by atoms with van der Waals surface area (Å²) in [5.41, 5.74) is 2.71. The zero-order chi connectivity index (χ0) is 14.7. The molecule has 6 nitrogen and oxygen atoms in total. The van der Waals surface area contributed by atoms with Gasteiger partial charge in [-0.25, -0.2) is 14.3 Å². The van der Waals surface area contributed by atoms with Crippen molar-refractivity contribution in [3.05, 3.63) is 34.8 Å². The highest BCUT2D eigenvalue weighted by Gasteiger charge is 2.16. The number of rotatable bonds is 4. The van der Waals surface area contributed by atoms with Gasteiger partial charge < -0.3 is 4.74 Å². The Balaban J connectivity index is 2.58. The molecule has 0 aromatic carbocycles. The van der Waals surface area contributed by atoms with Crippen LogP contribution in [0.1, 0.15) is 35.6 Å². The van der Waals surface area contributed by atoms with Crippen LogP contribution < -0.4 is 0 Å². The molecule has 20 heavy (non-hydrogen) atoms. The molecule has 0 aliphatic heterocycles. The van der Waals surface area contributed by atoms with Gasteiger partial charge in [0.15, 0.2) is 5.65 Å². The number of hydrogen-bond acceptors (Lipinski definition) is 5. The topological polar surface area (TPSA) is 73.6 Å². The van der Waals surface area contributed by atoms with Gasteiger partial charge in [0.25, 0.3) is 0 Å². The van der Waals surface area contributed by atoms with Gasteiger partial charge in [0, 0.05) is 5.69 Å². The number of aryl methyl sites for hydroxylation is 1. The summed E-state index contributed by atoms with van der Waals surface area (Å²) in [4.78, 5) is 26.9. The molecule has 0 unspecified atom stereocenters. The molecule has 0 bridgehead atoms. The molecule has 0 N–H and O–H groups in total. The smallest absolute Gasteiger partial charge is 0.343 e. The van der Waals surface area contributed by atoms with E-state index in [9.17, 15) is 9.59 Å². The van der Waals surface area contributed by atoms with E-state index in [0.717, 1.165) is 12.0 Å². The first-order chi connectivity index (χ1) is 9.56. The molecule has 2 aromatic rings. The molecular weight excluding hydrogens is 258 g/mol. The average Bonchev–Trinajstić information content (AvgIpc) is 2.83. The third-order valence-corrected chi connectivity index (χ3v) is 2.73. The second-order valence-corrected chi connectivity index (χ2v) is 4.34. The molecule has 104 valence electrons. The van der Waals surface area contributed by atoms with Crippen molar-refractivity contribution in [3.63, 3.8) is 0 Å². The number of aromatic nitrogens is 3. The summed E-state index contributed by atoms with van der Waals surface area (Å²) < 4.78 is 6.54. The molecule has 0 saturated carbocycles. The Morgan fingerprint density at radius 3 is 2.90 bits per heavy atom. The normalized spacial score (nSPS) is 11.7. The number of esters is 1. The Kier molecular flexibility index (Phi) is 3.93. The van der Waals surface area contributed by atoms with Gasteiger partial charge in [-0.05, 0) is 38.5 Å². The van der Waals surface area contributed by atoms with E-state index in [1.54, 1.807) is 30.5 Å². The van der Waals surface area contributed by atoms with E-state index in [2.05, 4.69) is 10.1 Å². The number of aldehydes is 1. The van der Waals surface area contributed by atoms with E-state index >= 15 is 0 Å². The number of carbonyl (C=O) groups is 2. The summed E-state index contributed by atoms with van der Waals surface area (Å²) in [6.07, 6.45) is 3.85. The number of ether oxygens (including phenoxy) is 1. The van der Waals surface area contributed by atoms with Gasteiger partial charge in [0.2, 0.25) is 0 Å². The Morgan fingerprint density at radius 2 is 2.25 bits per heavy atom. The second kappa shape index (κ2) is 5.64. The van der Waals surface area contributed by atoms with Gasteiger partial charge in [-0.2, -0.15) is 5.10 Å². The van der Waals surface area contributed by atoms with E-state index in [1.807, 2.05) is 6.92 Å². The molecule has 6 heteroatoms. The van der Waals surface area contributed by atoms with Crippen LogP contribution in [0.15, 0.2) is 17.8 Å². The van der Waals surface area contributed by atoms with Crippen LogP contribution in [-0.2, 0) is 9.53 Å². The molecule has 0 saturated heterocycles. The lowest BCUT2D eigenvalue weighted by Gasteiger charge is -2.03. The molecule has 0 radical (unpaired) electrons. The highest BCUT2D eigenvalue weighted by molar-refractivity contribution is 5.95. The molecule has 2 heterocycles. The maximum atomic E-state index is 11.8. The average molecular weight is 273 g/mol. The van der Waals surface area contributed by atoms with Crippen LogP contribution in [0.4, 0.5) is 0 Å². The van der Waals surface area contributed by atoms with E-state index in [-0.39, 0.29) is 0 Å². The predicted octanol–water partition coefficient (Wildman–Crippen LogP) is 1.82. The zero-order valence-corrected chi connectivity index (χ0v) is 11.6. The first kappa shape index (κ1) is 13.9. The lowest BCUT2D eigenvalue weighted by atomic mass is 10.2. The lowest BCUT2D eigenvalue weighted by Crippen LogP contribution is -2.06. The highest BCUT2D eigenvalue weighted by atomic mass is 16.5. The van der Waals surface area contributed by atoms with Crippen molar-refractivity contribution in [2.24, 2.45) is 0 Å². The summed E-state index contributed by atoms with van der Waals surface area (Å²) in [6, 6.07) is 1.79.